The molecule has 1 unspecified atom stereocenters. The van der Waals surface area contributed by atoms with E-state index >= 15 is 0 Å². The topological polar surface area (TPSA) is 44.5 Å². The minimum Gasteiger partial charge on any atom is -0.493 e. The summed E-state index contributed by atoms with van der Waals surface area (Å²) in [6.45, 7) is 1.91. The third-order valence-electron chi connectivity index (χ3n) is 3.40. The standard InChI is InChI=1S/C16H17BrFNO2/c1-9-6-14(20-2)15(21-3)8-11(9)16(19)12-7-10(17)4-5-13(12)18/h4-8,16H,19H2,1-3H3. The number of ether oxygens (including phenoxy) is 2. The number of halogens is 2. The third-order valence-corrected chi connectivity index (χ3v) is 3.89. The third kappa shape index (κ3) is 3.19. The molecule has 1 atom stereocenters. The fourth-order valence-electron chi connectivity index (χ4n) is 2.25. The first-order valence-electron chi connectivity index (χ1n) is 6.41. The van der Waals surface area contributed by atoms with Crippen molar-refractivity contribution in [3.63, 3.8) is 0 Å². The van der Waals surface area contributed by atoms with Gasteiger partial charge in [0.1, 0.15) is 5.82 Å². The van der Waals surface area contributed by atoms with E-state index in [1.165, 1.54) is 6.07 Å². The molecule has 0 aliphatic heterocycles. The highest BCUT2D eigenvalue weighted by Crippen LogP contribution is 2.35. The quantitative estimate of drug-likeness (QED) is 0.904. The lowest BCUT2D eigenvalue weighted by Crippen LogP contribution is -2.15. The summed E-state index contributed by atoms with van der Waals surface area (Å²) in [6.07, 6.45) is 0. The summed E-state index contributed by atoms with van der Waals surface area (Å²) in [5, 5.41) is 0. The summed E-state index contributed by atoms with van der Waals surface area (Å²) < 4.78 is 25.3. The Hall–Kier alpha value is -1.59. The van der Waals surface area contributed by atoms with E-state index in [2.05, 4.69) is 15.9 Å². The molecule has 0 bridgehead atoms. The predicted octanol–water partition coefficient (Wildman–Crippen LogP) is 3.96. The van der Waals surface area contributed by atoms with Crippen molar-refractivity contribution in [2.24, 2.45) is 5.73 Å². The number of hydrogen-bond donors (Lipinski definition) is 1. The molecule has 0 aliphatic rings. The summed E-state index contributed by atoms with van der Waals surface area (Å²) in [5.41, 5.74) is 8.39. The minimum absolute atomic E-state index is 0.333. The van der Waals surface area contributed by atoms with Crippen molar-refractivity contribution in [1.82, 2.24) is 0 Å². The second-order valence-electron chi connectivity index (χ2n) is 4.71. The maximum atomic E-state index is 14.0. The molecule has 0 amide bonds. The van der Waals surface area contributed by atoms with Gasteiger partial charge in [0, 0.05) is 10.0 Å². The summed E-state index contributed by atoms with van der Waals surface area (Å²) in [5.74, 6) is 0.865. The van der Waals surface area contributed by atoms with E-state index in [9.17, 15) is 4.39 Å². The zero-order valence-electron chi connectivity index (χ0n) is 12.1. The number of methoxy groups -OCH3 is 2. The molecule has 21 heavy (non-hydrogen) atoms. The van der Waals surface area contributed by atoms with Gasteiger partial charge in [-0.25, -0.2) is 4.39 Å². The number of aryl methyl sites for hydroxylation is 1. The van der Waals surface area contributed by atoms with Crippen LogP contribution in [0, 0.1) is 12.7 Å². The van der Waals surface area contributed by atoms with Crippen molar-refractivity contribution >= 4 is 15.9 Å². The second-order valence-corrected chi connectivity index (χ2v) is 5.62. The molecule has 0 aliphatic carbocycles. The lowest BCUT2D eigenvalue weighted by Gasteiger charge is -2.19. The molecule has 3 nitrogen and oxygen atoms in total. The molecule has 2 rings (SSSR count). The molecule has 2 N–H and O–H groups in total. The Kier molecular flexibility index (Phi) is 4.85. The first-order valence-corrected chi connectivity index (χ1v) is 7.20. The smallest absolute Gasteiger partial charge is 0.161 e. The van der Waals surface area contributed by atoms with Gasteiger partial charge in [0.25, 0.3) is 0 Å². The second kappa shape index (κ2) is 6.45. The molecule has 112 valence electrons. The highest BCUT2D eigenvalue weighted by molar-refractivity contribution is 9.10. The van der Waals surface area contributed by atoms with Gasteiger partial charge < -0.3 is 15.2 Å². The summed E-state index contributed by atoms with van der Waals surface area (Å²) in [7, 11) is 3.13. The van der Waals surface area contributed by atoms with Crippen LogP contribution in [0.2, 0.25) is 0 Å². The Morgan fingerprint density at radius 1 is 1.05 bits per heavy atom. The highest BCUT2D eigenvalue weighted by Gasteiger charge is 2.18. The van der Waals surface area contributed by atoms with Crippen LogP contribution in [-0.4, -0.2) is 14.2 Å². The number of rotatable bonds is 4. The van der Waals surface area contributed by atoms with Crippen LogP contribution in [0.25, 0.3) is 0 Å². The van der Waals surface area contributed by atoms with Crippen LogP contribution in [-0.2, 0) is 0 Å². The van der Waals surface area contributed by atoms with E-state index in [0.717, 1.165) is 15.6 Å². The van der Waals surface area contributed by atoms with E-state index < -0.39 is 6.04 Å². The van der Waals surface area contributed by atoms with Gasteiger partial charge in [-0.3, -0.25) is 0 Å². The van der Waals surface area contributed by atoms with E-state index in [0.29, 0.717) is 17.1 Å². The van der Waals surface area contributed by atoms with Gasteiger partial charge >= 0.3 is 0 Å². The largest absolute Gasteiger partial charge is 0.493 e. The predicted molar refractivity (Wildman–Crippen MR) is 84.4 cm³/mol. The Labute approximate surface area is 132 Å². The maximum absolute atomic E-state index is 14.0. The minimum atomic E-state index is -0.581. The van der Waals surface area contributed by atoms with Crippen molar-refractivity contribution in [2.75, 3.05) is 14.2 Å². The molecule has 2 aromatic carbocycles. The molecule has 0 saturated carbocycles. The number of nitrogens with two attached hydrogens (primary N) is 1. The van der Waals surface area contributed by atoms with Gasteiger partial charge in [-0.15, -0.1) is 0 Å². The highest BCUT2D eigenvalue weighted by atomic mass is 79.9. The average molecular weight is 354 g/mol. The van der Waals surface area contributed by atoms with Crippen LogP contribution in [0.3, 0.4) is 0 Å². The first-order chi connectivity index (χ1) is 9.97. The molecule has 5 heteroatoms. The molecule has 0 fully saturated rings. The normalized spacial score (nSPS) is 12.1. The van der Waals surface area contributed by atoms with Gasteiger partial charge in [0.2, 0.25) is 0 Å². The number of benzene rings is 2. The zero-order chi connectivity index (χ0) is 15.6. The van der Waals surface area contributed by atoms with Crippen LogP contribution >= 0.6 is 15.9 Å². The van der Waals surface area contributed by atoms with Gasteiger partial charge in [0.05, 0.1) is 20.3 Å². The average Bonchev–Trinajstić information content (AvgIpc) is 2.48. The Balaban J connectivity index is 2.52. The first kappa shape index (κ1) is 15.8. The lowest BCUT2D eigenvalue weighted by atomic mass is 9.95. The van der Waals surface area contributed by atoms with Crippen LogP contribution in [0.15, 0.2) is 34.8 Å². The van der Waals surface area contributed by atoms with Crippen molar-refractivity contribution in [2.45, 2.75) is 13.0 Å². The van der Waals surface area contributed by atoms with E-state index in [-0.39, 0.29) is 5.82 Å². The lowest BCUT2D eigenvalue weighted by molar-refractivity contribution is 0.354. The van der Waals surface area contributed by atoms with E-state index in [1.54, 1.807) is 32.4 Å². The summed E-state index contributed by atoms with van der Waals surface area (Å²) >= 11 is 3.34. The van der Waals surface area contributed by atoms with Crippen LogP contribution in [0.1, 0.15) is 22.7 Å². The van der Waals surface area contributed by atoms with Crippen molar-refractivity contribution in [1.29, 1.82) is 0 Å². The van der Waals surface area contributed by atoms with Crippen LogP contribution in [0.4, 0.5) is 4.39 Å². The van der Waals surface area contributed by atoms with Crippen molar-refractivity contribution < 1.29 is 13.9 Å². The molecule has 0 saturated heterocycles. The zero-order valence-corrected chi connectivity index (χ0v) is 13.7. The molecule has 0 spiro atoms. The molecule has 0 heterocycles. The van der Waals surface area contributed by atoms with E-state index in [4.69, 9.17) is 15.2 Å². The van der Waals surface area contributed by atoms with Gasteiger partial charge in [-0.05, 0) is 48.4 Å². The SMILES string of the molecule is COc1cc(C)c(C(N)c2cc(Br)ccc2F)cc1OC. The fourth-order valence-corrected chi connectivity index (χ4v) is 2.63. The van der Waals surface area contributed by atoms with E-state index in [1.807, 2.05) is 13.0 Å². The molecule has 2 aromatic rings. The Morgan fingerprint density at radius 3 is 2.29 bits per heavy atom. The van der Waals surface area contributed by atoms with Gasteiger partial charge in [0.15, 0.2) is 11.5 Å². The van der Waals surface area contributed by atoms with Crippen LogP contribution in [0.5, 0.6) is 11.5 Å². The van der Waals surface area contributed by atoms with Gasteiger partial charge in [-0.1, -0.05) is 15.9 Å². The Morgan fingerprint density at radius 2 is 1.67 bits per heavy atom. The maximum Gasteiger partial charge on any atom is 0.161 e. The summed E-state index contributed by atoms with van der Waals surface area (Å²) in [4.78, 5) is 0. The monoisotopic (exact) mass is 353 g/mol. The van der Waals surface area contributed by atoms with Crippen molar-refractivity contribution in [3.05, 3.63) is 57.3 Å². The Bertz CT molecular complexity index is 661. The van der Waals surface area contributed by atoms with Crippen LogP contribution < -0.4 is 15.2 Å². The molecule has 0 radical (unpaired) electrons. The van der Waals surface area contributed by atoms with Gasteiger partial charge in [-0.2, -0.15) is 0 Å². The molecular formula is C16H17BrFNO2. The number of hydrogen-bond acceptors (Lipinski definition) is 3. The molecule has 0 aromatic heterocycles. The molecular weight excluding hydrogens is 337 g/mol. The summed E-state index contributed by atoms with van der Waals surface area (Å²) in [6, 6.07) is 7.78. The fraction of sp³-hybridized carbons (Fsp3) is 0.250. The van der Waals surface area contributed by atoms with Crippen molar-refractivity contribution in [3.8, 4) is 11.5 Å².